The zero-order valence-electron chi connectivity index (χ0n) is 11.0. The van der Waals surface area contributed by atoms with Crippen molar-refractivity contribution in [2.45, 2.75) is 37.8 Å². The third kappa shape index (κ3) is 3.25. The third-order valence-corrected chi connectivity index (χ3v) is 4.70. The summed E-state index contributed by atoms with van der Waals surface area (Å²) in [5.41, 5.74) is 7.13. The van der Waals surface area contributed by atoms with Crippen LogP contribution in [0.4, 0.5) is 0 Å². The Morgan fingerprint density at radius 1 is 1.21 bits per heavy atom. The lowest BCUT2D eigenvalue weighted by molar-refractivity contribution is 0.183. The average Bonchev–Trinajstić information content (AvgIpc) is 3.26. The number of benzene rings is 1. The number of nitrogens with two attached hydrogens (primary N) is 1. The Hall–Kier alpha value is -0.280. The zero-order chi connectivity index (χ0) is 13.4. The molecule has 1 atom stereocenters. The van der Waals surface area contributed by atoms with Gasteiger partial charge in [0.15, 0.2) is 0 Å². The van der Waals surface area contributed by atoms with Crippen molar-refractivity contribution >= 4 is 23.2 Å². The van der Waals surface area contributed by atoms with Crippen LogP contribution in [0.15, 0.2) is 18.2 Å². The van der Waals surface area contributed by atoms with Gasteiger partial charge in [0.05, 0.1) is 0 Å². The minimum atomic E-state index is 0.208. The van der Waals surface area contributed by atoms with Gasteiger partial charge in [-0.25, -0.2) is 0 Å². The minimum Gasteiger partial charge on any atom is -0.329 e. The quantitative estimate of drug-likeness (QED) is 0.864. The summed E-state index contributed by atoms with van der Waals surface area (Å²) in [7, 11) is 0. The van der Waals surface area contributed by atoms with Gasteiger partial charge in [-0.3, -0.25) is 4.90 Å². The van der Waals surface area contributed by atoms with Gasteiger partial charge in [0, 0.05) is 35.2 Å². The van der Waals surface area contributed by atoms with Crippen molar-refractivity contribution < 1.29 is 0 Å². The topological polar surface area (TPSA) is 29.3 Å². The van der Waals surface area contributed by atoms with Crippen molar-refractivity contribution in [3.05, 3.63) is 33.8 Å². The molecule has 2 saturated carbocycles. The van der Waals surface area contributed by atoms with E-state index in [1.54, 1.807) is 0 Å². The Morgan fingerprint density at radius 2 is 1.95 bits per heavy atom. The van der Waals surface area contributed by atoms with Crippen molar-refractivity contribution in [1.82, 2.24) is 4.90 Å². The summed E-state index contributed by atoms with van der Waals surface area (Å²) in [5, 5.41) is 1.52. The van der Waals surface area contributed by atoms with Gasteiger partial charge >= 0.3 is 0 Å². The standard InChI is InChI=1S/C15H20Cl2N2/c16-11-3-6-14(17)13(7-11)15(8-18)19(12-4-5-12)9-10-1-2-10/h3,6-7,10,12,15H,1-2,4-5,8-9,18H2. The molecule has 0 radical (unpaired) electrons. The second-order valence-electron chi connectivity index (χ2n) is 5.79. The highest BCUT2D eigenvalue weighted by Crippen LogP contribution is 2.41. The molecule has 2 N–H and O–H groups in total. The number of nitrogens with zero attached hydrogens (tertiary/aromatic N) is 1. The fraction of sp³-hybridized carbons (Fsp3) is 0.600. The van der Waals surface area contributed by atoms with Crippen LogP contribution in [-0.2, 0) is 0 Å². The predicted octanol–water partition coefficient (Wildman–Crippen LogP) is 3.87. The Morgan fingerprint density at radius 3 is 2.53 bits per heavy atom. The summed E-state index contributed by atoms with van der Waals surface area (Å²) in [6.07, 6.45) is 5.32. The maximum atomic E-state index is 6.35. The van der Waals surface area contributed by atoms with E-state index in [0.29, 0.717) is 12.6 Å². The van der Waals surface area contributed by atoms with E-state index in [4.69, 9.17) is 28.9 Å². The van der Waals surface area contributed by atoms with Gasteiger partial charge in [0.25, 0.3) is 0 Å². The first-order valence-corrected chi connectivity index (χ1v) is 7.85. The molecule has 4 heteroatoms. The second kappa shape index (κ2) is 5.61. The lowest BCUT2D eigenvalue weighted by Crippen LogP contribution is -2.37. The van der Waals surface area contributed by atoms with Gasteiger partial charge in [-0.05, 0) is 55.4 Å². The Balaban J connectivity index is 1.85. The summed E-state index contributed by atoms with van der Waals surface area (Å²) >= 11 is 12.5. The molecule has 0 aromatic heterocycles. The Kier molecular flexibility index (Phi) is 4.04. The largest absolute Gasteiger partial charge is 0.329 e. The highest BCUT2D eigenvalue weighted by Gasteiger charge is 2.38. The van der Waals surface area contributed by atoms with Gasteiger partial charge in [0.2, 0.25) is 0 Å². The molecule has 3 rings (SSSR count). The van der Waals surface area contributed by atoms with E-state index in [-0.39, 0.29) is 6.04 Å². The number of halogens is 2. The van der Waals surface area contributed by atoms with Crippen LogP contribution in [-0.4, -0.2) is 24.0 Å². The van der Waals surface area contributed by atoms with Crippen LogP contribution in [0.25, 0.3) is 0 Å². The molecule has 2 aliphatic rings. The maximum Gasteiger partial charge on any atom is 0.0488 e. The van der Waals surface area contributed by atoms with Crippen LogP contribution in [0.3, 0.4) is 0 Å². The smallest absolute Gasteiger partial charge is 0.0488 e. The van der Waals surface area contributed by atoms with E-state index in [2.05, 4.69) is 4.90 Å². The fourth-order valence-corrected chi connectivity index (χ4v) is 3.17. The van der Waals surface area contributed by atoms with E-state index in [9.17, 15) is 0 Å². The maximum absolute atomic E-state index is 6.35. The van der Waals surface area contributed by atoms with Gasteiger partial charge in [-0.2, -0.15) is 0 Å². The second-order valence-corrected chi connectivity index (χ2v) is 6.63. The first kappa shape index (κ1) is 13.7. The molecule has 2 nitrogen and oxygen atoms in total. The molecule has 0 bridgehead atoms. The number of rotatable bonds is 6. The highest BCUT2D eigenvalue weighted by molar-refractivity contribution is 6.33. The molecule has 2 fully saturated rings. The minimum absolute atomic E-state index is 0.208. The van der Waals surface area contributed by atoms with E-state index in [1.165, 1.54) is 25.7 Å². The van der Waals surface area contributed by atoms with Crippen molar-refractivity contribution in [2.75, 3.05) is 13.1 Å². The molecule has 0 heterocycles. The average molecular weight is 299 g/mol. The van der Waals surface area contributed by atoms with Crippen LogP contribution in [0.5, 0.6) is 0 Å². The van der Waals surface area contributed by atoms with Gasteiger partial charge in [-0.15, -0.1) is 0 Å². The normalized spacial score (nSPS) is 20.8. The fourth-order valence-electron chi connectivity index (χ4n) is 2.75. The van der Waals surface area contributed by atoms with E-state index >= 15 is 0 Å². The summed E-state index contributed by atoms with van der Waals surface area (Å²) < 4.78 is 0. The third-order valence-electron chi connectivity index (χ3n) is 4.12. The van der Waals surface area contributed by atoms with Crippen molar-refractivity contribution in [3.8, 4) is 0 Å². The number of hydrogen-bond donors (Lipinski definition) is 1. The molecule has 0 aliphatic heterocycles. The van der Waals surface area contributed by atoms with Gasteiger partial charge in [0.1, 0.15) is 0 Å². The molecule has 19 heavy (non-hydrogen) atoms. The summed E-state index contributed by atoms with van der Waals surface area (Å²) in [5.74, 6) is 0.868. The predicted molar refractivity (Wildman–Crippen MR) is 80.7 cm³/mol. The van der Waals surface area contributed by atoms with Crippen LogP contribution < -0.4 is 5.73 Å². The molecule has 1 aromatic rings. The summed E-state index contributed by atoms with van der Waals surface area (Å²) in [6, 6.07) is 6.60. The van der Waals surface area contributed by atoms with Crippen molar-refractivity contribution in [3.63, 3.8) is 0 Å². The SMILES string of the molecule is NCC(c1cc(Cl)ccc1Cl)N(CC1CC1)C1CC1. The first-order valence-electron chi connectivity index (χ1n) is 7.10. The first-order chi connectivity index (χ1) is 9.19. The van der Waals surface area contributed by atoms with Crippen LogP contribution in [0.1, 0.15) is 37.3 Å². The molecule has 2 aliphatic carbocycles. The molecule has 0 spiro atoms. The van der Waals surface area contributed by atoms with Crippen LogP contribution >= 0.6 is 23.2 Å². The molecule has 0 saturated heterocycles. The van der Waals surface area contributed by atoms with Crippen LogP contribution in [0.2, 0.25) is 10.0 Å². The Bertz CT molecular complexity index is 455. The van der Waals surface area contributed by atoms with E-state index < -0.39 is 0 Å². The van der Waals surface area contributed by atoms with Gasteiger partial charge in [-0.1, -0.05) is 23.2 Å². The van der Waals surface area contributed by atoms with E-state index in [0.717, 1.165) is 28.1 Å². The lowest BCUT2D eigenvalue weighted by Gasteiger charge is -2.32. The Labute approximate surface area is 124 Å². The monoisotopic (exact) mass is 298 g/mol. The molecular formula is C15H20Cl2N2. The van der Waals surface area contributed by atoms with Crippen molar-refractivity contribution in [2.24, 2.45) is 11.7 Å². The van der Waals surface area contributed by atoms with Crippen LogP contribution in [0, 0.1) is 5.92 Å². The number of hydrogen-bond acceptors (Lipinski definition) is 2. The molecular weight excluding hydrogens is 279 g/mol. The van der Waals surface area contributed by atoms with Gasteiger partial charge < -0.3 is 5.73 Å². The molecule has 104 valence electrons. The lowest BCUT2D eigenvalue weighted by atomic mass is 10.0. The summed E-state index contributed by atoms with van der Waals surface area (Å²) in [4.78, 5) is 2.56. The highest BCUT2D eigenvalue weighted by atomic mass is 35.5. The van der Waals surface area contributed by atoms with Crippen molar-refractivity contribution in [1.29, 1.82) is 0 Å². The zero-order valence-corrected chi connectivity index (χ0v) is 12.5. The molecule has 0 amide bonds. The molecule has 1 unspecified atom stereocenters. The summed E-state index contributed by atoms with van der Waals surface area (Å²) in [6.45, 7) is 1.76. The molecule has 1 aromatic carbocycles. The van der Waals surface area contributed by atoms with E-state index in [1.807, 2.05) is 18.2 Å².